The molecule has 1 aliphatic rings. The van der Waals surface area contributed by atoms with Crippen LogP contribution in [0.4, 0.5) is 0 Å². The second-order valence-corrected chi connectivity index (χ2v) is 6.46. The van der Waals surface area contributed by atoms with Gasteiger partial charge in [-0.15, -0.1) is 0 Å². The number of hydrogen-bond donors (Lipinski definition) is 1. The number of sulfonamides is 1. The van der Waals surface area contributed by atoms with Crippen LogP contribution < -0.4 is 10.1 Å². The van der Waals surface area contributed by atoms with Crippen molar-refractivity contribution in [2.24, 2.45) is 0 Å². The monoisotopic (exact) mass is 284 g/mol. The summed E-state index contributed by atoms with van der Waals surface area (Å²) in [5.74, 6) is 0.690. The van der Waals surface area contributed by atoms with E-state index in [1.807, 2.05) is 13.8 Å². The van der Waals surface area contributed by atoms with E-state index in [0.717, 1.165) is 0 Å². The summed E-state index contributed by atoms with van der Waals surface area (Å²) in [7, 11) is -3.41. The van der Waals surface area contributed by atoms with Crippen molar-refractivity contribution in [2.45, 2.75) is 24.8 Å². The van der Waals surface area contributed by atoms with E-state index in [1.54, 1.807) is 28.6 Å². The summed E-state index contributed by atoms with van der Waals surface area (Å²) in [6.07, 6.45) is 0. The van der Waals surface area contributed by atoms with E-state index in [1.165, 1.54) is 0 Å². The predicted octanol–water partition coefficient (Wildman–Crippen LogP) is 1.07. The SMILES string of the molecule is CCOc1ccc(S(=O)(=O)N2CCNC[C@H]2C)cc1. The van der Waals surface area contributed by atoms with Crippen molar-refractivity contribution in [1.82, 2.24) is 9.62 Å². The van der Waals surface area contributed by atoms with Crippen LogP contribution in [-0.2, 0) is 10.0 Å². The fourth-order valence-electron chi connectivity index (χ4n) is 2.19. The van der Waals surface area contributed by atoms with E-state index in [2.05, 4.69) is 5.32 Å². The molecular formula is C13H20N2O3S. The van der Waals surface area contributed by atoms with Gasteiger partial charge in [0.25, 0.3) is 0 Å². The zero-order valence-electron chi connectivity index (χ0n) is 11.3. The van der Waals surface area contributed by atoms with Crippen molar-refractivity contribution in [3.05, 3.63) is 24.3 Å². The summed E-state index contributed by atoms with van der Waals surface area (Å²) in [6, 6.07) is 6.58. The van der Waals surface area contributed by atoms with Gasteiger partial charge in [0.15, 0.2) is 0 Å². The number of ether oxygens (including phenoxy) is 1. The maximum atomic E-state index is 12.5. The number of rotatable bonds is 4. The average molecular weight is 284 g/mol. The van der Waals surface area contributed by atoms with Crippen molar-refractivity contribution in [2.75, 3.05) is 26.2 Å². The van der Waals surface area contributed by atoms with Crippen LogP contribution in [0.2, 0.25) is 0 Å². The summed E-state index contributed by atoms with van der Waals surface area (Å²) in [4.78, 5) is 0.324. The highest BCUT2D eigenvalue weighted by molar-refractivity contribution is 7.89. The van der Waals surface area contributed by atoms with Crippen LogP contribution in [0.5, 0.6) is 5.75 Å². The number of piperazine rings is 1. The molecule has 1 heterocycles. The van der Waals surface area contributed by atoms with Gasteiger partial charge in [0.05, 0.1) is 11.5 Å². The summed E-state index contributed by atoms with van der Waals surface area (Å²) in [5.41, 5.74) is 0. The first kappa shape index (κ1) is 14.3. The van der Waals surface area contributed by atoms with Gasteiger partial charge < -0.3 is 10.1 Å². The van der Waals surface area contributed by atoms with Gasteiger partial charge in [-0.2, -0.15) is 4.31 Å². The van der Waals surface area contributed by atoms with Gasteiger partial charge >= 0.3 is 0 Å². The lowest BCUT2D eigenvalue weighted by atomic mass is 10.3. The standard InChI is InChI=1S/C13H20N2O3S/c1-3-18-12-4-6-13(7-5-12)19(16,17)15-9-8-14-10-11(15)2/h4-7,11,14H,3,8-10H2,1-2H3/t11-/m1/s1. The van der Waals surface area contributed by atoms with Gasteiger partial charge in [-0.25, -0.2) is 8.42 Å². The van der Waals surface area contributed by atoms with Crippen molar-refractivity contribution < 1.29 is 13.2 Å². The zero-order chi connectivity index (χ0) is 13.9. The molecule has 2 rings (SSSR count). The predicted molar refractivity (Wildman–Crippen MR) is 73.8 cm³/mol. The smallest absolute Gasteiger partial charge is 0.243 e. The third kappa shape index (κ3) is 3.08. The minimum atomic E-state index is -3.41. The Labute approximate surface area is 114 Å². The highest BCUT2D eigenvalue weighted by Crippen LogP contribution is 2.21. The number of hydrogen-bond acceptors (Lipinski definition) is 4. The molecule has 1 saturated heterocycles. The Morgan fingerprint density at radius 2 is 2.05 bits per heavy atom. The molecule has 1 atom stereocenters. The molecule has 6 heteroatoms. The molecule has 1 N–H and O–H groups in total. The Kier molecular flexibility index (Phi) is 4.44. The van der Waals surface area contributed by atoms with E-state index in [0.29, 0.717) is 36.9 Å². The van der Waals surface area contributed by atoms with E-state index >= 15 is 0 Å². The molecule has 1 aliphatic heterocycles. The van der Waals surface area contributed by atoms with Crippen LogP contribution >= 0.6 is 0 Å². The van der Waals surface area contributed by atoms with Crippen LogP contribution in [0.15, 0.2) is 29.2 Å². The number of nitrogens with zero attached hydrogens (tertiary/aromatic N) is 1. The van der Waals surface area contributed by atoms with Crippen molar-refractivity contribution in [3.8, 4) is 5.75 Å². The molecule has 0 amide bonds. The largest absolute Gasteiger partial charge is 0.494 e. The van der Waals surface area contributed by atoms with Gasteiger partial charge in [0.2, 0.25) is 10.0 Å². The molecule has 0 spiro atoms. The Hall–Kier alpha value is -1.11. The average Bonchev–Trinajstić information content (AvgIpc) is 2.40. The Morgan fingerprint density at radius 1 is 1.37 bits per heavy atom. The van der Waals surface area contributed by atoms with Gasteiger partial charge in [0, 0.05) is 25.7 Å². The molecule has 1 aromatic rings. The van der Waals surface area contributed by atoms with E-state index in [-0.39, 0.29) is 6.04 Å². The van der Waals surface area contributed by atoms with E-state index < -0.39 is 10.0 Å². The third-order valence-corrected chi connectivity index (χ3v) is 5.21. The van der Waals surface area contributed by atoms with Gasteiger partial charge in [0.1, 0.15) is 5.75 Å². The normalized spacial score (nSPS) is 21.3. The van der Waals surface area contributed by atoms with Crippen LogP contribution in [-0.4, -0.2) is 45.0 Å². The highest BCUT2D eigenvalue weighted by Gasteiger charge is 2.30. The molecule has 0 aromatic heterocycles. The quantitative estimate of drug-likeness (QED) is 0.898. The lowest BCUT2D eigenvalue weighted by Crippen LogP contribution is -2.52. The second-order valence-electron chi connectivity index (χ2n) is 4.57. The minimum Gasteiger partial charge on any atom is -0.494 e. The molecule has 0 bridgehead atoms. The molecule has 19 heavy (non-hydrogen) atoms. The molecular weight excluding hydrogens is 264 g/mol. The van der Waals surface area contributed by atoms with Gasteiger partial charge in [-0.3, -0.25) is 0 Å². The molecule has 1 aromatic carbocycles. The van der Waals surface area contributed by atoms with Gasteiger partial charge in [-0.1, -0.05) is 0 Å². The van der Waals surface area contributed by atoms with E-state index in [9.17, 15) is 8.42 Å². The maximum Gasteiger partial charge on any atom is 0.243 e. The van der Waals surface area contributed by atoms with Crippen LogP contribution in [0.25, 0.3) is 0 Å². The third-order valence-electron chi connectivity index (χ3n) is 3.18. The first-order valence-corrected chi connectivity index (χ1v) is 7.95. The Bertz CT molecular complexity index is 513. The maximum absolute atomic E-state index is 12.5. The Balaban J connectivity index is 2.23. The first-order chi connectivity index (χ1) is 9.05. The van der Waals surface area contributed by atoms with Gasteiger partial charge in [-0.05, 0) is 38.1 Å². The van der Waals surface area contributed by atoms with Crippen LogP contribution in [0, 0.1) is 0 Å². The Morgan fingerprint density at radius 3 is 2.63 bits per heavy atom. The topological polar surface area (TPSA) is 58.6 Å². The number of benzene rings is 1. The summed E-state index contributed by atoms with van der Waals surface area (Å²) in [5, 5.41) is 3.19. The second kappa shape index (κ2) is 5.90. The highest BCUT2D eigenvalue weighted by atomic mass is 32.2. The number of nitrogens with one attached hydrogen (secondary N) is 1. The molecule has 0 saturated carbocycles. The van der Waals surface area contributed by atoms with E-state index in [4.69, 9.17) is 4.74 Å². The molecule has 0 unspecified atom stereocenters. The molecule has 106 valence electrons. The minimum absolute atomic E-state index is 0.0229. The molecule has 0 aliphatic carbocycles. The van der Waals surface area contributed by atoms with Crippen molar-refractivity contribution in [3.63, 3.8) is 0 Å². The molecule has 5 nitrogen and oxygen atoms in total. The fraction of sp³-hybridized carbons (Fsp3) is 0.538. The summed E-state index contributed by atoms with van der Waals surface area (Å²) >= 11 is 0. The fourth-order valence-corrected chi connectivity index (χ4v) is 3.82. The molecule has 1 fully saturated rings. The zero-order valence-corrected chi connectivity index (χ0v) is 12.1. The first-order valence-electron chi connectivity index (χ1n) is 6.51. The summed E-state index contributed by atoms with van der Waals surface area (Å²) in [6.45, 7) is 6.28. The van der Waals surface area contributed by atoms with Crippen LogP contribution in [0.3, 0.4) is 0 Å². The van der Waals surface area contributed by atoms with Crippen molar-refractivity contribution >= 4 is 10.0 Å². The lowest BCUT2D eigenvalue weighted by Gasteiger charge is -2.32. The lowest BCUT2D eigenvalue weighted by molar-refractivity contribution is 0.284. The molecule has 0 radical (unpaired) electrons. The van der Waals surface area contributed by atoms with Crippen molar-refractivity contribution in [1.29, 1.82) is 0 Å². The summed E-state index contributed by atoms with van der Waals surface area (Å²) < 4.78 is 31.9. The van der Waals surface area contributed by atoms with Crippen LogP contribution in [0.1, 0.15) is 13.8 Å².